The van der Waals surface area contributed by atoms with E-state index >= 15 is 0 Å². The highest BCUT2D eigenvalue weighted by atomic mass is 16.4. The van der Waals surface area contributed by atoms with Crippen molar-refractivity contribution in [2.75, 3.05) is 13.1 Å². The van der Waals surface area contributed by atoms with E-state index in [1.807, 2.05) is 18.2 Å². The predicted octanol–water partition coefficient (Wildman–Crippen LogP) is 6.89. The predicted molar refractivity (Wildman–Crippen MR) is 170 cm³/mol. The third-order valence-electron chi connectivity index (χ3n) is 10.1. The van der Waals surface area contributed by atoms with Crippen LogP contribution in [0.5, 0.6) is 0 Å². The average Bonchev–Trinajstić information content (AvgIpc) is 3.71. The zero-order chi connectivity index (χ0) is 30.4. The van der Waals surface area contributed by atoms with Crippen molar-refractivity contribution in [2.45, 2.75) is 77.0 Å². The number of carboxylic acid groups (broad SMARTS) is 1. The molecule has 2 aromatic heterocycles. The second kappa shape index (κ2) is 11.7. The Hall–Kier alpha value is -4.26. The molecule has 1 amide bonds. The molecule has 2 fully saturated rings. The lowest BCUT2D eigenvalue weighted by atomic mass is 9.83. The largest absolute Gasteiger partial charge is 0.478 e. The van der Waals surface area contributed by atoms with Crippen LogP contribution in [-0.2, 0) is 24.1 Å². The zero-order valence-corrected chi connectivity index (χ0v) is 25.6. The Morgan fingerprint density at radius 3 is 2.50 bits per heavy atom. The maximum atomic E-state index is 12.6. The molecule has 0 bridgehead atoms. The molecule has 7 heteroatoms. The van der Waals surface area contributed by atoms with Crippen molar-refractivity contribution in [3.8, 4) is 17.1 Å². The first kappa shape index (κ1) is 28.5. The molecule has 1 unspecified atom stereocenters. The lowest BCUT2D eigenvalue weighted by Crippen LogP contribution is -2.38. The Morgan fingerprint density at radius 1 is 0.977 bits per heavy atom. The van der Waals surface area contributed by atoms with E-state index in [1.165, 1.54) is 34.0 Å². The Kier molecular flexibility index (Phi) is 7.57. The van der Waals surface area contributed by atoms with Gasteiger partial charge >= 0.3 is 5.97 Å². The van der Waals surface area contributed by atoms with Gasteiger partial charge in [-0.25, -0.2) is 14.5 Å². The third-order valence-corrected chi connectivity index (χ3v) is 10.1. The number of aromatic nitrogens is 3. The topological polar surface area (TPSA) is 88.3 Å². The van der Waals surface area contributed by atoms with Gasteiger partial charge in [-0.2, -0.15) is 5.10 Å². The van der Waals surface area contributed by atoms with Gasteiger partial charge in [0.05, 0.1) is 17.6 Å². The maximum Gasteiger partial charge on any atom is 0.339 e. The van der Waals surface area contributed by atoms with E-state index in [-0.39, 0.29) is 5.56 Å². The molecule has 2 aliphatic carbocycles. The number of aromatic carboxylic acids is 1. The maximum absolute atomic E-state index is 12.6. The number of hydrogen-bond donors (Lipinski definition) is 1. The number of carboxylic acids is 1. The number of benzene rings is 2. The van der Waals surface area contributed by atoms with Crippen LogP contribution in [0.1, 0.15) is 94.7 Å². The first-order chi connectivity index (χ1) is 21.4. The number of carbonyl (C=O) groups excluding carboxylic acids is 1. The second-order valence-electron chi connectivity index (χ2n) is 12.8. The summed E-state index contributed by atoms with van der Waals surface area (Å²) in [5, 5.41) is 13.8. The number of amides is 1. The van der Waals surface area contributed by atoms with E-state index in [1.54, 1.807) is 11.6 Å². The monoisotopic (exact) mass is 588 g/mol. The molecule has 226 valence electrons. The highest BCUT2D eigenvalue weighted by Crippen LogP contribution is 2.42. The summed E-state index contributed by atoms with van der Waals surface area (Å²) in [7, 11) is 0. The molecule has 1 saturated carbocycles. The Balaban J connectivity index is 1.12. The van der Waals surface area contributed by atoms with Gasteiger partial charge < -0.3 is 10.0 Å². The summed E-state index contributed by atoms with van der Waals surface area (Å²) in [5.41, 5.74) is 9.86. The zero-order valence-electron chi connectivity index (χ0n) is 25.6. The van der Waals surface area contributed by atoms with E-state index in [9.17, 15) is 14.7 Å². The lowest BCUT2D eigenvalue weighted by molar-refractivity contribution is -0.133. The number of aryl methyl sites for hydroxylation is 2. The van der Waals surface area contributed by atoms with Crippen LogP contribution in [0.3, 0.4) is 0 Å². The van der Waals surface area contributed by atoms with Crippen LogP contribution in [0.25, 0.3) is 17.1 Å². The van der Waals surface area contributed by atoms with Gasteiger partial charge in [0, 0.05) is 24.6 Å². The number of rotatable bonds is 8. The minimum absolute atomic E-state index is 0.185. The van der Waals surface area contributed by atoms with Crippen molar-refractivity contribution in [2.24, 2.45) is 5.92 Å². The number of pyridine rings is 1. The fourth-order valence-electron chi connectivity index (χ4n) is 7.53. The molecule has 1 atom stereocenters. The summed E-state index contributed by atoms with van der Waals surface area (Å²) in [6.07, 6.45) is 9.85. The van der Waals surface area contributed by atoms with Crippen molar-refractivity contribution in [3.05, 3.63) is 99.9 Å². The molecule has 1 aliphatic heterocycles. The van der Waals surface area contributed by atoms with Gasteiger partial charge in [0.25, 0.3) is 0 Å². The van der Waals surface area contributed by atoms with Gasteiger partial charge in [0.15, 0.2) is 5.82 Å². The van der Waals surface area contributed by atoms with E-state index in [2.05, 4.69) is 53.3 Å². The standard InChI is InChI=1S/C37H40N4O3/c1-3-25-20-24(10-15-30(25)26-16-18-40(19-17-26)36(42)28-12-13-28)21-29-14-11-27-6-4-7-31(35(27)29)33-8-5-9-34(39-33)41-23(2)32(22-38-41)37(43)44/h4-10,15,20,22,26,28-29H,3,11-14,16-19,21H2,1-2H3,(H,43,44). The molecular weight excluding hydrogens is 548 g/mol. The van der Waals surface area contributed by atoms with Crippen LogP contribution in [0.15, 0.2) is 60.8 Å². The van der Waals surface area contributed by atoms with Gasteiger partial charge in [-0.05, 0) is 110 Å². The van der Waals surface area contributed by atoms with Crippen molar-refractivity contribution >= 4 is 11.9 Å². The fraction of sp³-hybridized carbons (Fsp3) is 0.405. The average molecular weight is 589 g/mol. The number of piperidine rings is 1. The van der Waals surface area contributed by atoms with E-state index in [0.29, 0.717) is 35.2 Å². The molecule has 2 aromatic carbocycles. The first-order valence-corrected chi connectivity index (χ1v) is 16.2. The van der Waals surface area contributed by atoms with Crippen LogP contribution in [0, 0.1) is 12.8 Å². The highest BCUT2D eigenvalue weighted by Gasteiger charge is 2.35. The molecule has 3 aliphatic rings. The molecular formula is C37H40N4O3. The van der Waals surface area contributed by atoms with Crippen LogP contribution in [-0.4, -0.2) is 49.7 Å². The minimum Gasteiger partial charge on any atom is -0.478 e. The Bertz CT molecular complexity index is 1730. The summed E-state index contributed by atoms with van der Waals surface area (Å²) in [5.74, 6) is 1.26. The number of carbonyl (C=O) groups is 2. The normalized spacial score (nSPS) is 18.4. The Morgan fingerprint density at radius 2 is 1.77 bits per heavy atom. The molecule has 1 N–H and O–H groups in total. The molecule has 0 spiro atoms. The quantitative estimate of drug-likeness (QED) is 0.242. The van der Waals surface area contributed by atoms with E-state index in [0.717, 1.165) is 75.7 Å². The van der Waals surface area contributed by atoms with Crippen LogP contribution < -0.4 is 0 Å². The smallest absolute Gasteiger partial charge is 0.339 e. The van der Waals surface area contributed by atoms with Crippen molar-refractivity contribution in [3.63, 3.8) is 0 Å². The third kappa shape index (κ3) is 5.33. The second-order valence-corrected chi connectivity index (χ2v) is 12.8. The molecule has 3 heterocycles. The highest BCUT2D eigenvalue weighted by molar-refractivity contribution is 5.88. The lowest BCUT2D eigenvalue weighted by Gasteiger charge is -2.33. The van der Waals surface area contributed by atoms with Crippen molar-refractivity contribution in [1.29, 1.82) is 0 Å². The molecule has 7 nitrogen and oxygen atoms in total. The summed E-state index contributed by atoms with van der Waals surface area (Å²) in [4.78, 5) is 31.2. The number of nitrogens with zero attached hydrogens (tertiary/aromatic N) is 4. The minimum atomic E-state index is -0.987. The summed E-state index contributed by atoms with van der Waals surface area (Å²) in [6, 6.07) is 19.6. The molecule has 4 aromatic rings. The molecule has 1 saturated heterocycles. The summed E-state index contributed by atoms with van der Waals surface area (Å²) >= 11 is 0. The van der Waals surface area contributed by atoms with Crippen LogP contribution in [0.4, 0.5) is 0 Å². The van der Waals surface area contributed by atoms with E-state index < -0.39 is 5.97 Å². The summed E-state index contributed by atoms with van der Waals surface area (Å²) < 4.78 is 1.61. The van der Waals surface area contributed by atoms with Gasteiger partial charge in [-0.3, -0.25) is 4.79 Å². The number of hydrogen-bond acceptors (Lipinski definition) is 4. The van der Waals surface area contributed by atoms with Crippen molar-refractivity contribution < 1.29 is 14.7 Å². The van der Waals surface area contributed by atoms with Gasteiger partial charge in [0.1, 0.15) is 5.56 Å². The SMILES string of the molecule is CCc1cc(CC2CCc3cccc(-c4cccc(-n5ncc(C(=O)O)c5C)n4)c32)ccc1C1CCN(C(=O)C2CC2)CC1. The first-order valence-electron chi connectivity index (χ1n) is 16.2. The Labute approximate surface area is 258 Å². The van der Waals surface area contributed by atoms with Gasteiger partial charge in [-0.1, -0.05) is 49.4 Å². The van der Waals surface area contributed by atoms with Crippen molar-refractivity contribution in [1.82, 2.24) is 19.7 Å². The molecule has 0 radical (unpaired) electrons. The fourth-order valence-corrected chi connectivity index (χ4v) is 7.53. The van der Waals surface area contributed by atoms with Gasteiger partial charge in [0.2, 0.25) is 5.91 Å². The summed E-state index contributed by atoms with van der Waals surface area (Å²) in [6.45, 7) is 5.80. The molecule has 7 rings (SSSR count). The van der Waals surface area contributed by atoms with Gasteiger partial charge in [-0.15, -0.1) is 0 Å². The van der Waals surface area contributed by atoms with Crippen LogP contribution in [0.2, 0.25) is 0 Å². The molecule has 44 heavy (non-hydrogen) atoms. The van der Waals surface area contributed by atoms with Crippen LogP contribution >= 0.6 is 0 Å². The number of fused-ring (bicyclic) bond motifs is 1. The van der Waals surface area contributed by atoms with E-state index in [4.69, 9.17) is 4.98 Å². The number of likely N-dealkylation sites (tertiary alicyclic amines) is 1.